The Balaban J connectivity index is 1.03. The maximum atomic E-state index is 2.57. The first kappa shape index (κ1) is 35.5. The van der Waals surface area contributed by atoms with E-state index in [2.05, 4.69) is 222 Å². The molecule has 0 saturated heterocycles. The lowest BCUT2D eigenvalue weighted by Crippen LogP contribution is -2.17. The van der Waals surface area contributed by atoms with Gasteiger partial charge in [-0.2, -0.15) is 0 Å². The molecule has 0 unspecified atom stereocenters. The smallest absolute Gasteiger partial charge is 0.0159 e. The van der Waals surface area contributed by atoms with Crippen molar-refractivity contribution in [2.45, 2.75) is 38.5 Å². The van der Waals surface area contributed by atoms with Crippen LogP contribution < -0.4 is 0 Å². The van der Waals surface area contributed by atoms with Crippen LogP contribution in [0.4, 0.5) is 0 Å². The lowest BCUT2D eigenvalue weighted by molar-refractivity contribution is 0.652. The highest BCUT2D eigenvalue weighted by Gasteiger charge is 2.42. The molecule has 2 aliphatic rings. The zero-order valence-electron chi connectivity index (χ0n) is 35.5. The van der Waals surface area contributed by atoms with E-state index in [0.717, 1.165) is 0 Å². The highest BCUT2D eigenvalue weighted by atomic mass is 14.5. The molecule has 0 atom stereocenters. The molecule has 2 aliphatic carbocycles. The molecule has 0 heteroatoms. The normalized spacial score (nSPS) is 14.4. The first-order chi connectivity index (χ1) is 30.3. The zero-order chi connectivity index (χ0) is 41.5. The number of fused-ring (bicyclic) bond motifs is 13. The first-order valence-corrected chi connectivity index (χ1v) is 22.1. The summed E-state index contributed by atoms with van der Waals surface area (Å²) in [4.78, 5) is 0. The van der Waals surface area contributed by atoms with Gasteiger partial charge in [0, 0.05) is 10.8 Å². The number of rotatable bonds is 3. The van der Waals surface area contributed by atoms with Crippen LogP contribution in [0.2, 0.25) is 0 Å². The number of hydrogen-bond donors (Lipinski definition) is 0. The van der Waals surface area contributed by atoms with E-state index in [1.807, 2.05) is 0 Å². The van der Waals surface area contributed by atoms with Crippen LogP contribution in [0.3, 0.4) is 0 Å². The molecule has 13 rings (SSSR count). The standard InChI is InChI=1S/C62H44/c1-61(2)54-27-14-13-21-44(54)51-34-56-53(36-55(51)61)60-45-22-8-7-20-43(45)52(35-57(60)62(56,3)4)59-48-25-11-9-23-46(48)58(47-24-10-12-26-49(47)59)41-18-15-17-39(32-41)40-31-30-38-29-28-37-16-5-6-19-42(37)50(38)33-40/h5-36H,1-4H3. The van der Waals surface area contributed by atoms with Crippen LogP contribution in [-0.2, 0) is 10.8 Å². The molecule has 0 aliphatic heterocycles. The summed E-state index contributed by atoms with van der Waals surface area (Å²) in [6, 6.07) is 73.4. The minimum Gasteiger partial charge on any atom is -0.0619 e. The summed E-state index contributed by atoms with van der Waals surface area (Å²) in [6.07, 6.45) is 0. The lowest BCUT2D eigenvalue weighted by atomic mass is 9.78. The van der Waals surface area contributed by atoms with Crippen molar-refractivity contribution >= 4 is 53.9 Å². The monoisotopic (exact) mass is 788 g/mol. The second-order valence-corrected chi connectivity index (χ2v) is 18.8. The summed E-state index contributed by atoms with van der Waals surface area (Å²) in [6.45, 7) is 9.68. The Kier molecular flexibility index (Phi) is 7.23. The van der Waals surface area contributed by atoms with Crippen LogP contribution in [0.1, 0.15) is 49.9 Å². The van der Waals surface area contributed by atoms with Crippen LogP contribution in [-0.4, -0.2) is 0 Å². The predicted molar refractivity (Wildman–Crippen MR) is 265 cm³/mol. The predicted octanol–water partition coefficient (Wildman–Crippen LogP) is 17.1. The quantitative estimate of drug-likeness (QED) is 0.124. The van der Waals surface area contributed by atoms with Crippen LogP contribution in [0.25, 0.3) is 109 Å². The SMILES string of the molecule is CC1(C)c2ccccc2-c2cc3c(cc21)-c1c(cc(-c2c4ccccc4c(-c4cccc(-c5ccc6ccc7ccccc7c6c5)c4)c4ccccc24)c2ccccc12)C3(C)C. The Morgan fingerprint density at radius 1 is 0.242 bits per heavy atom. The van der Waals surface area contributed by atoms with E-state index < -0.39 is 0 Å². The van der Waals surface area contributed by atoms with E-state index in [-0.39, 0.29) is 10.8 Å². The Morgan fingerprint density at radius 2 is 0.726 bits per heavy atom. The molecule has 0 bridgehead atoms. The highest BCUT2D eigenvalue weighted by molar-refractivity contribution is 6.25. The van der Waals surface area contributed by atoms with Gasteiger partial charge in [0.2, 0.25) is 0 Å². The molecule has 292 valence electrons. The summed E-state index contributed by atoms with van der Waals surface area (Å²) in [7, 11) is 0. The average molecular weight is 789 g/mol. The van der Waals surface area contributed by atoms with Crippen LogP contribution in [0.15, 0.2) is 194 Å². The summed E-state index contributed by atoms with van der Waals surface area (Å²) < 4.78 is 0. The number of hydrogen-bond acceptors (Lipinski definition) is 0. The lowest BCUT2D eigenvalue weighted by Gasteiger charge is -2.25. The van der Waals surface area contributed by atoms with Crippen LogP contribution in [0.5, 0.6) is 0 Å². The van der Waals surface area contributed by atoms with Crippen molar-refractivity contribution in [3.05, 3.63) is 216 Å². The Bertz CT molecular complexity index is 3690. The average Bonchev–Trinajstić information content (AvgIpc) is 3.68. The maximum Gasteiger partial charge on any atom is 0.0159 e. The Morgan fingerprint density at radius 3 is 1.45 bits per heavy atom. The van der Waals surface area contributed by atoms with E-state index in [4.69, 9.17) is 0 Å². The largest absolute Gasteiger partial charge is 0.0619 e. The topological polar surface area (TPSA) is 0 Å². The van der Waals surface area contributed by atoms with Gasteiger partial charge in [0.1, 0.15) is 0 Å². The molecule has 0 N–H and O–H groups in total. The minimum atomic E-state index is -0.193. The van der Waals surface area contributed by atoms with E-state index in [1.54, 1.807) is 0 Å². The maximum absolute atomic E-state index is 2.57. The van der Waals surface area contributed by atoms with E-state index in [9.17, 15) is 0 Å². The molecule has 11 aromatic carbocycles. The highest BCUT2D eigenvalue weighted by Crippen LogP contribution is 2.59. The van der Waals surface area contributed by atoms with Crippen molar-refractivity contribution in [2.24, 2.45) is 0 Å². The van der Waals surface area contributed by atoms with E-state index in [1.165, 1.54) is 132 Å². The summed E-state index contributed by atoms with van der Waals surface area (Å²) >= 11 is 0. The molecule has 0 amide bonds. The van der Waals surface area contributed by atoms with Crippen molar-refractivity contribution in [3.63, 3.8) is 0 Å². The Hall–Kier alpha value is -7.28. The van der Waals surface area contributed by atoms with Gasteiger partial charge in [-0.3, -0.25) is 0 Å². The van der Waals surface area contributed by atoms with Gasteiger partial charge in [-0.1, -0.05) is 191 Å². The van der Waals surface area contributed by atoms with Crippen molar-refractivity contribution in [3.8, 4) is 55.6 Å². The van der Waals surface area contributed by atoms with Gasteiger partial charge in [0.25, 0.3) is 0 Å². The van der Waals surface area contributed by atoms with Gasteiger partial charge in [0.05, 0.1) is 0 Å². The molecular weight excluding hydrogens is 745 g/mol. The Labute approximate surface area is 362 Å². The second kappa shape index (κ2) is 12.6. The molecule has 0 nitrogen and oxygen atoms in total. The molecule has 0 spiro atoms. The fourth-order valence-corrected chi connectivity index (χ4v) is 11.7. The van der Waals surface area contributed by atoms with Gasteiger partial charge < -0.3 is 0 Å². The van der Waals surface area contributed by atoms with Gasteiger partial charge in [-0.25, -0.2) is 0 Å². The molecule has 0 radical (unpaired) electrons. The van der Waals surface area contributed by atoms with Crippen molar-refractivity contribution in [1.29, 1.82) is 0 Å². The second-order valence-electron chi connectivity index (χ2n) is 18.8. The molecule has 0 aromatic heterocycles. The van der Waals surface area contributed by atoms with Gasteiger partial charge in [-0.15, -0.1) is 0 Å². The van der Waals surface area contributed by atoms with Gasteiger partial charge in [0.15, 0.2) is 0 Å². The third-order valence-electron chi connectivity index (χ3n) is 14.8. The van der Waals surface area contributed by atoms with Crippen molar-refractivity contribution < 1.29 is 0 Å². The third kappa shape index (κ3) is 4.78. The fourth-order valence-electron chi connectivity index (χ4n) is 11.7. The van der Waals surface area contributed by atoms with E-state index in [0.29, 0.717) is 0 Å². The zero-order valence-corrected chi connectivity index (χ0v) is 35.5. The summed E-state index contributed by atoms with van der Waals surface area (Å²) in [5, 5.41) is 12.8. The molecule has 0 heterocycles. The van der Waals surface area contributed by atoms with E-state index >= 15 is 0 Å². The van der Waals surface area contributed by atoms with Crippen LogP contribution in [0, 0.1) is 0 Å². The van der Waals surface area contributed by atoms with Crippen molar-refractivity contribution in [2.75, 3.05) is 0 Å². The molecule has 0 saturated carbocycles. The van der Waals surface area contributed by atoms with Gasteiger partial charge >= 0.3 is 0 Å². The summed E-state index contributed by atoms with van der Waals surface area (Å²) in [5.74, 6) is 0. The van der Waals surface area contributed by atoms with Crippen molar-refractivity contribution in [1.82, 2.24) is 0 Å². The first-order valence-electron chi connectivity index (χ1n) is 22.1. The fraction of sp³-hybridized carbons (Fsp3) is 0.0968. The molecule has 11 aromatic rings. The summed E-state index contributed by atoms with van der Waals surface area (Å²) in [5.41, 5.74) is 18.5. The number of benzene rings is 11. The van der Waals surface area contributed by atoms with Crippen LogP contribution >= 0.6 is 0 Å². The molecule has 62 heavy (non-hydrogen) atoms. The van der Waals surface area contributed by atoms with Gasteiger partial charge in [-0.05, 0) is 162 Å². The third-order valence-corrected chi connectivity index (χ3v) is 14.8. The molecular formula is C62H44. The minimum absolute atomic E-state index is 0.0624. The molecule has 0 fully saturated rings.